The minimum Gasteiger partial charge on any atom is -0.489 e. The fraction of sp³-hybridized carbons (Fsp3) is 0.533. The second kappa shape index (κ2) is 6.34. The van der Waals surface area contributed by atoms with Crippen molar-refractivity contribution in [3.05, 3.63) is 22.7 Å². The molecule has 7 heteroatoms. The van der Waals surface area contributed by atoms with Crippen LogP contribution in [0, 0.1) is 0 Å². The quantitative estimate of drug-likeness (QED) is 0.792. The molecule has 2 rings (SSSR count). The van der Waals surface area contributed by atoms with Gasteiger partial charge in [-0.15, -0.1) is 0 Å². The zero-order chi connectivity index (χ0) is 16.5. The first-order valence-corrected chi connectivity index (χ1v) is 7.79. The number of aliphatic hydroxyl groups excluding tert-OH is 1. The van der Waals surface area contributed by atoms with Crippen LogP contribution in [0.2, 0.25) is 0 Å². The van der Waals surface area contributed by atoms with Gasteiger partial charge in [0.15, 0.2) is 6.23 Å². The van der Waals surface area contributed by atoms with Gasteiger partial charge in [0.05, 0.1) is 5.69 Å². The molecule has 0 saturated carbocycles. The Bertz CT molecular complexity index is 559. The lowest BCUT2D eigenvalue weighted by Gasteiger charge is -2.30. The van der Waals surface area contributed by atoms with Gasteiger partial charge in [-0.2, -0.15) is 0 Å². The number of halogens is 1. The molecule has 0 aromatic heterocycles. The molecule has 1 unspecified atom stereocenters. The van der Waals surface area contributed by atoms with Crippen LogP contribution in [0.15, 0.2) is 22.7 Å². The van der Waals surface area contributed by atoms with Crippen LogP contribution in [-0.2, 0) is 4.74 Å². The monoisotopic (exact) mass is 372 g/mol. The van der Waals surface area contributed by atoms with Gasteiger partial charge in [0.2, 0.25) is 0 Å². The molecule has 0 spiro atoms. The summed E-state index contributed by atoms with van der Waals surface area (Å²) in [6.45, 7) is 5.50. The Balaban J connectivity index is 2.13. The van der Waals surface area contributed by atoms with E-state index in [-0.39, 0.29) is 6.61 Å². The third-order valence-corrected chi connectivity index (χ3v) is 3.67. The summed E-state index contributed by atoms with van der Waals surface area (Å²) in [4.78, 5) is 13.6. The van der Waals surface area contributed by atoms with E-state index in [1.165, 1.54) is 0 Å². The van der Waals surface area contributed by atoms with Crippen LogP contribution in [0.3, 0.4) is 0 Å². The van der Waals surface area contributed by atoms with Crippen molar-refractivity contribution in [3.8, 4) is 5.75 Å². The molecule has 1 heterocycles. The molecule has 6 nitrogen and oxygen atoms in total. The minimum atomic E-state index is -0.928. The van der Waals surface area contributed by atoms with E-state index in [9.17, 15) is 9.90 Å². The van der Waals surface area contributed by atoms with Gasteiger partial charge in [-0.05, 0) is 39.0 Å². The Morgan fingerprint density at radius 2 is 2.18 bits per heavy atom. The molecular weight excluding hydrogens is 352 g/mol. The van der Waals surface area contributed by atoms with Crippen LogP contribution < -0.4 is 15.0 Å². The minimum absolute atomic E-state index is 0.152. The first-order valence-electron chi connectivity index (χ1n) is 7.00. The number of likely N-dealkylation sites (N-methyl/N-ethyl adjacent to an activating group) is 1. The third kappa shape index (κ3) is 4.04. The lowest BCUT2D eigenvalue weighted by Crippen LogP contribution is -2.53. The highest BCUT2D eigenvalue weighted by molar-refractivity contribution is 9.10. The number of nitrogens with zero attached hydrogens (tertiary/aromatic N) is 1. The average molecular weight is 373 g/mol. The Hall–Kier alpha value is -1.47. The van der Waals surface area contributed by atoms with Crippen molar-refractivity contribution in [2.75, 3.05) is 18.6 Å². The molecule has 0 aliphatic carbocycles. The molecule has 1 aliphatic rings. The van der Waals surface area contributed by atoms with Crippen molar-refractivity contribution in [2.45, 2.75) is 38.6 Å². The summed E-state index contributed by atoms with van der Waals surface area (Å²) in [5, 5.41) is 13.1. The van der Waals surface area contributed by atoms with Crippen molar-refractivity contribution < 1.29 is 19.4 Å². The van der Waals surface area contributed by atoms with Gasteiger partial charge in [-0.1, -0.05) is 15.9 Å². The van der Waals surface area contributed by atoms with Gasteiger partial charge in [0.25, 0.3) is 0 Å². The fourth-order valence-electron chi connectivity index (χ4n) is 2.14. The largest absolute Gasteiger partial charge is 0.489 e. The van der Waals surface area contributed by atoms with Gasteiger partial charge < -0.3 is 24.8 Å². The lowest BCUT2D eigenvalue weighted by molar-refractivity contribution is 0.0386. The second-order valence-corrected chi connectivity index (χ2v) is 7.12. The van der Waals surface area contributed by atoms with E-state index in [0.29, 0.717) is 5.75 Å². The second-order valence-electron chi connectivity index (χ2n) is 6.20. The zero-order valence-corrected chi connectivity index (χ0v) is 14.7. The normalized spacial score (nSPS) is 21.5. The third-order valence-electron chi connectivity index (χ3n) is 3.18. The van der Waals surface area contributed by atoms with Crippen molar-refractivity contribution in [1.82, 2.24) is 5.32 Å². The van der Waals surface area contributed by atoms with Crippen LogP contribution in [-0.4, -0.2) is 42.7 Å². The number of ether oxygens (including phenoxy) is 2. The molecule has 1 aromatic rings. The highest BCUT2D eigenvalue weighted by Gasteiger charge is 2.32. The maximum absolute atomic E-state index is 11.9. The maximum Gasteiger partial charge on any atom is 0.408 e. The Morgan fingerprint density at radius 1 is 1.50 bits per heavy atom. The molecule has 0 radical (unpaired) electrons. The van der Waals surface area contributed by atoms with E-state index < -0.39 is 24.0 Å². The predicted molar refractivity (Wildman–Crippen MR) is 87.2 cm³/mol. The van der Waals surface area contributed by atoms with E-state index in [1.807, 2.05) is 18.2 Å². The summed E-state index contributed by atoms with van der Waals surface area (Å²) in [5.74, 6) is 0.651. The van der Waals surface area contributed by atoms with E-state index in [1.54, 1.807) is 32.7 Å². The van der Waals surface area contributed by atoms with Crippen LogP contribution in [0.1, 0.15) is 20.8 Å². The number of anilines is 1. The lowest BCUT2D eigenvalue weighted by atomic mass is 10.2. The smallest absolute Gasteiger partial charge is 0.408 e. The summed E-state index contributed by atoms with van der Waals surface area (Å²) in [5.41, 5.74) is 0.149. The van der Waals surface area contributed by atoms with Gasteiger partial charge >= 0.3 is 6.09 Å². The number of amides is 1. The summed E-state index contributed by atoms with van der Waals surface area (Å²) in [6, 6.07) is 4.93. The number of fused-ring (bicyclic) bond motifs is 1. The molecule has 0 fully saturated rings. The average Bonchev–Trinajstić information content (AvgIpc) is 2.50. The number of benzene rings is 1. The SMILES string of the molecule is CN1c2cc(Br)ccc2OC[C@H](NC(=O)OC(C)(C)C)C1O. The summed E-state index contributed by atoms with van der Waals surface area (Å²) >= 11 is 3.40. The number of carbonyl (C=O) groups is 1. The Morgan fingerprint density at radius 3 is 2.82 bits per heavy atom. The van der Waals surface area contributed by atoms with Crippen LogP contribution in [0.5, 0.6) is 5.75 Å². The van der Waals surface area contributed by atoms with Crippen molar-refractivity contribution in [3.63, 3.8) is 0 Å². The number of alkyl carbamates (subject to hydrolysis) is 1. The molecule has 2 N–H and O–H groups in total. The van der Waals surface area contributed by atoms with Gasteiger partial charge in [-0.25, -0.2) is 4.79 Å². The van der Waals surface area contributed by atoms with Gasteiger partial charge in [0, 0.05) is 11.5 Å². The topological polar surface area (TPSA) is 71.0 Å². The summed E-state index contributed by atoms with van der Waals surface area (Å²) < 4.78 is 11.8. The Labute approximate surface area is 138 Å². The number of hydrogen-bond donors (Lipinski definition) is 2. The molecule has 1 aliphatic heterocycles. The first-order chi connectivity index (χ1) is 10.2. The molecule has 0 bridgehead atoms. The summed E-state index contributed by atoms with van der Waals surface area (Å²) in [6.07, 6.45) is -1.51. The number of aliphatic hydroxyl groups is 1. The standard InChI is InChI=1S/C15H21BrN2O4/c1-15(2,3)22-14(20)17-10-8-21-12-6-5-9(16)7-11(12)18(4)13(10)19/h5-7,10,13,19H,8H2,1-4H3,(H,17,20)/t10-,13?/m0/s1. The first kappa shape index (κ1) is 16.9. The number of carbonyl (C=O) groups excluding carboxylic acids is 1. The van der Waals surface area contributed by atoms with Crippen LogP contribution in [0.4, 0.5) is 10.5 Å². The highest BCUT2D eigenvalue weighted by atomic mass is 79.9. The molecular formula is C15H21BrN2O4. The van der Waals surface area contributed by atoms with E-state index in [0.717, 1.165) is 10.2 Å². The van der Waals surface area contributed by atoms with Crippen LogP contribution >= 0.6 is 15.9 Å². The Kier molecular flexibility index (Phi) is 4.87. The molecule has 1 amide bonds. The van der Waals surface area contributed by atoms with Crippen molar-refractivity contribution in [1.29, 1.82) is 0 Å². The predicted octanol–water partition coefficient (Wildman–Crippen LogP) is 2.49. The van der Waals surface area contributed by atoms with E-state index >= 15 is 0 Å². The van der Waals surface area contributed by atoms with Crippen molar-refractivity contribution >= 4 is 27.7 Å². The number of nitrogens with one attached hydrogen (secondary N) is 1. The zero-order valence-electron chi connectivity index (χ0n) is 13.1. The molecule has 2 atom stereocenters. The molecule has 122 valence electrons. The maximum atomic E-state index is 11.9. The van der Waals surface area contributed by atoms with Crippen LogP contribution in [0.25, 0.3) is 0 Å². The fourth-order valence-corrected chi connectivity index (χ4v) is 2.49. The number of rotatable bonds is 1. The van der Waals surface area contributed by atoms with E-state index in [4.69, 9.17) is 9.47 Å². The molecule has 1 aromatic carbocycles. The highest BCUT2D eigenvalue weighted by Crippen LogP contribution is 2.34. The number of hydrogen-bond acceptors (Lipinski definition) is 5. The van der Waals surface area contributed by atoms with E-state index in [2.05, 4.69) is 21.2 Å². The molecule has 0 saturated heterocycles. The summed E-state index contributed by atoms with van der Waals surface area (Å²) in [7, 11) is 1.74. The molecule has 22 heavy (non-hydrogen) atoms. The van der Waals surface area contributed by atoms with Gasteiger partial charge in [-0.3, -0.25) is 0 Å². The van der Waals surface area contributed by atoms with Crippen molar-refractivity contribution in [2.24, 2.45) is 0 Å². The van der Waals surface area contributed by atoms with Gasteiger partial charge in [0.1, 0.15) is 24.0 Å².